The Kier molecular flexibility index (Phi) is 18.4. The number of nitrogens with zero attached hydrogens (tertiary/aromatic N) is 2. The summed E-state index contributed by atoms with van der Waals surface area (Å²) in [6, 6.07) is 21.3. The van der Waals surface area contributed by atoms with Gasteiger partial charge in [-0.25, -0.2) is 0 Å². The minimum absolute atomic E-state index is 0.00463. The fourth-order valence-electron chi connectivity index (χ4n) is 8.38. The van der Waals surface area contributed by atoms with Gasteiger partial charge in [-0.3, -0.25) is 4.90 Å². The normalized spacial score (nSPS) is 16.6. The SMILES string of the molecule is C=C.CC.CCOc1cc2c(c3c1CC(CN(C)C)N(CCc1cc(C)c(C)c(O)c1C)[C@H]3COC)OCO2.N[C@@H](C=O)CSCC1c2ccccc2-c2ccccc21. The number of hydrogen-bond acceptors (Lipinski definition) is 10. The first-order chi connectivity index (χ1) is 28.6. The van der Waals surface area contributed by atoms with E-state index in [1.165, 1.54) is 33.4 Å². The second kappa shape index (κ2) is 22.9. The van der Waals surface area contributed by atoms with Gasteiger partial charge in [0.25, 0.3) is 0 Å². The Labute approximate surface area is 357 Å². The summed E-state index contributed by atoms with van der Waals surface area (Å²) in [4.78, 5) is 15.4. The molecule has 3 aliphatic rings. The number of phenolic OH excluding ortho intramolecular Hbond substituents is 1. The molecular formula is C49H67N3O6S. The Balaban J connectivity index is 0.000000271. The summed E-state index contributed by atoms with van der Waals surface area (Å²) >= 11 is 1.75. The summed E-state index contributed by atoms with van der Waals surface area (Å²) in [6.07, 6.45) is 2.52. The van der Waals surface area contributed by atoms with Crippen LogP contribution >= 0.6 is 11.8 Å². The maximum atomic E-state index is 10.6. The second-order valence-corrected chi connectivity index (χ2v) is 16.1. The van der Waals surface area contributed by atoms with Crippen molar-refractivity contribution < 1.29 is 28.8 Å². The van der Waals surface area contributed by atoms with Crippen molar-refractivity contribution in [2.45, 2.75) is 78.4 Å². The lowest BCUT2D eigenvalue weighted by molar-refractivity contribution is -0.108. The monoisotopic (exact) mass is 825 g/mol. The number of phenols is 1. The number of aromatic hydroxyl groups is 1. The molecule has 3 atom stereocenters. The number of benzene rings is 4. The quantitative estimate of drug-likeness (QED) is 0.0946. The second-order valence-electron chi connectivity index (χ2n) is 15.0. The molecule has 3 N–H and O–H groups in total. The molecule has 0 bridgehead atoms. The lowest BCUT2D eigenvalue weighted by atomic mass is 9.85. The molecule has 59 heavy (non-hydrogen) atoms. The summed E-state index contributed by atoms with van der Waals surface area (Å²) in [5, 5.41) is 10.6. The van der Waals surface area contributed by atoms with Gasteiger partial charge in [0, 0.05) is 60.9 Å². The van der Waals surface area contributed by atoms with Crippen LogP contribution in [0.1, 0.15) is 77.2 Å². The molecule has 0 amide bonds. The predicted molar refractivity (Wildman–Crippen MR) is 245 cm³/mol. The van der Waals surface area contributed by atoms with Gasteiger partial charge in [-0.05, 0) is 99.1 Å². The number of thioether (sulfide) groups is 1. The Bertz CT molecular complexity index is 1940. The number of rotatable bonds is 14. The largest absolute Gasteiger partial charge is 0.507 e. The number of methoxy groups -OCH3 is 1. The maximum Gasteiger partial charge on any atom is 0.231 e. The molecule has 0 saturated carbocycles. The number of aryl methyl sites for hydroxylation is 1. The zero-order valence-corrected chi connectivity index (χ0v) is 37.6. The smallest absolute Gasteiger partial charge is 0.231 e. The van der Waals surface area contributed by atoms with Crippen LogP contribution in [0.4, 0.5) is 0 Å². The van der Waals surface area contributed by atoms with Crippen molar-refractivity contribution >= 4 is 18.0 Å². The molecule has 4 aromatic rings. The number of ether oxygens (including phenoxy) is 4. The number of carbonyl (C=O) groups excluding carboxylic acids is 1. The van der Waals surface area contributed by atoms with Crippen LogP contribution in [-0.4, -0.2) is 99.1 Å². The third-order valence-electron chi connectivity index (χ3n) is 11.2. The number of nitrogens with two attached hydrogens (primary N) is 1. The standard InChI is InChI=1S/C28H40N2O5.C17H17NOS.C2H6.C2H4/c1-8-33-24-13-25-28(35-16-34-25)26-22(24)12-21(14-29(5)6)30(23(26)15-32-7)10-9-20-11-17(2)18(3)27(31)19(20)4;18-12(9-19)10-20-11-17-15-7-3-1-5-13(15)14-6-2-4-8-16(14)17;2*1-2/h11,13,21,23,31H,8-10,12,14-16H2,1-7H3;1-9,12,17H,10-11,18H2;1-2H3;1-2H2/t21?,23-;12-;;/m00../s1. The molecule has 7 rings (SSSR count). The van der Waals surface area contributed by atoms with E-state index in [0.29, 0.717) is 30.6 Å². The fraction of sp³-hybridized carbons (Fsp3) is 0.449. The Morgan fingerprint density at radius 3 is 2.25 bits per heavy atom. The average Bonchev–Trinajstić information content (AvgIpc) is 3.85. The van der Waals surface area contributed by atoms with Gasteiger partial charge in [0.15, 0.2) is 11.5 Å². The molecule has 0 fully saturated rings. The van der Waals surface area contributed by atoms with Gasteiger partial charge < -0.3 is 39.5 Å². The molecule has 4 aromatic carbocycles. The Morgan fingerprint density at radius 1 is 1.02 bits per heavy atom. The Morgan fingerprint density at radius 2 is 1.66 bits per heavy atom. The van der Waals surface area contributed by atoms with Gasteiger partial charge in [0.2, 0.25) is 6.79 Å². The molecule has 10 heteroatoms. The average molecular weight is 826 g/mol. The van der Waals surface area contributed by atoms with E-state index in [-0.39, 0.29) is 24.9 Å². The molecule has 1 aliphatic carbocycles. The van der Waals surface area contributed by atoms with Gasteiger partial charge in [-0.15, -0.1) is 13.2 Å². The van der Waals surface area contributed by atoms with Crippen molar-refractivity contribution in [2.24, 2.45) is 5.73 Å². The van der Waals surface area contributed by atoms with E-state index in [2.05, 4.69) is 98.6 Å². The highest BCUT2D eigenvalue weighted by Gasteiger charge is 2.41. The number of likely N-dealkylation sites (N-methyl/N-ethyl adjacent to an activating group) is 1. The summed E-state index contributed by atoms with van der Waals surface area (Å²) in [5.74, 6) is 4.91. The highest BCUT2D eigenvalue weighted by atomic mass is 32.2. The topological polar surface area (TPSA) is 107 Å². The molecule has 0 spiro atoms. The van der Waals surface area contributed by atoms with Gasteiger partial charge >= 0.3 is 0 Å². The van der Waals surface area contributed by atoms with E-state index >= 15 is 0 Å². The van der Waals surface area contributed by atoms with Crippen molar-refractivity contribution in [3.8, 4) is 34.1 Å². The van der Waals surface area contributed by atoms with Crippen molar-refractivity contribution in [1.82, 2.24) is 9.80 Å². The molecule has 9 nitrogen and oxygen atoms in total. The van der Waals surface area contributed by atoms with Gasteiger partial charge in [-0.2, -0.15) is 11.8 Å². The predicted octanol–water partition coefficient (Wildman–Crippen LogP) is 9.05. The van der Waals surface area contributed by atoms with Crippen LogP contribution < -0.4 is 19.9 Å². The molecule has 0 aromatic heterocycles. The summed E-state index contributed by atoms with van der Waals surface area (Å²) in [6.45, 7) is 21.2. The molecule has 2 heterocycles. The summed E-state index contributed by atoms with van der Waals surface area (Å²) in [7, 11) is 5.99. The van der Waals surface area contributed by atoms with E-state index in [1.807, 2.05) is 40.7 Å². The minimum atomic E-state index is -0.355. The third kappa shape index (κ3) is 10.9. The van der Waals surface area contributed by atoms with Crippen LogP contribution in [-0.2, 0) is 22.4 Å². The molecule has 2 aliphatic heterocycles. The van der Waals surface area contributed by atoms with Crippen LogP contribution in [0.5, 0.6) is 23.0 Å². The van der Waals surface area contributed by atoms with Crippen molar-refractivity contribution in [2.75, 3.05) is 65.8 Å². The highest BCUT2D eigenvalue weighted by molar-refractivity contribution is 7.99. The fourth-order valence-corrected chi connectivity index (χ4v) is 9.46. The zero-order chi connectivity index (χ0) is 43.2. The first-order valence-electron chi connectivity index (χ1n) is 20.8. The molecular weight excluding hydrogens is 759 g/mol. The zero-order valence-electron chi connectivity index (χ0n) is 36.8. The number of aldehydes is 1. The molecule has 0 radical (unpaired) electrons. The van der Waals surface area contributed by atoms with Gasteiger partial charge in [0.05, 0.1) is 25.3 Å². The number of carbonyl (C=O) groups is 1. The van der Waals surface area contributed by atoms with E-state index in [1.54, 1.807) is 18.9 Å². The molecule has 0 saturated heterocycles. The molecule has 320 valence electrons. The van der Waals surface area contributed by atoms with E-state index in [9.17, 15) is 9.90 Å². The van der Waals surface area contributed by atoms with Gasteiger partial charge in [0.1, 0.15) is 17.8 Å². The first kappa shape index (κ1) is 47.4. The first-order valence-corrected chi connectivity index (χ1v) is 22.0. The van der Waals surface area contributed by atoms with E-state index in [4.69, 9.17) is 24.7 Å². The lowest BCUT2D eigenvalue weighted by Crippen LogP contribution is -2.50. The molecule has 1 unspecified atom stereocenters. The highest BCUT2D eigenvalue weighted by Crippen LogP contribution is 2.50. The van der Waals surface area contributed by atoms with Crippen LogP contribution in [0.2, 0.25) is 0 Å². The van der Waals surface area contributed by atoms with Crippen LogP contribution in [0.25, 0.3) is 11.1 Å². The Hall–Kier alpha value is -4.32. The van der Waals surface area contributed by atoms with Crippen molar-refractivity contribution in [1.29, 1.82) is 0 Å². The third-order valence-corrected chi connectivity index (χ3v) is 12.3. The van der Waals surface area contributed by atoms with Crippen molar-refractivity contribution in [3.63, 3.8) is 0 Å². The number of fused-ring (bicyclic) bond motifs is 6. The maximum absolute atomic E-state index is 10.6. The lowest BCUT2D eigenvalue weighted by Gasteiger charge is -2.44. The van der Waals surface area contributed by atoms with Crippen molar-refractivity contribution in [3.05, 3.63) is 118 Å². The van der Waals surface area contributed by atoms with Crippen LogP contribution in [0, 0.1) is 20.8 Å². The van der Waals surface area contributed by atoms with E-state index in [0.717, 1.165) is 77.5 Å². The van der Waals surface area contributed by atoms with Crippen LogP contribution in [0.15, 0.2) is 73.8 Å². The summed E-state index contributed by atoms with van der Waals surface area (Å²) < 4.78 is 23.7. The minimum Gasteiger partial charge on any atom is -0.507 e. The van der Waals surface area contributed by atoms with E-state index < -0.39 is 0 Å². The van der Waals surface area contributed by atoms with Gasteiger partial charge in [-0.1, -0.05) is 68.4 Å². The summed E-state index contributed by atoms with van der Waals surface area (Å²) in [5.41, 5.74) is 17.7. The number of hydrogen-bond donors (Lipinski definition) is 2. The van der Waals surface area contributed by atoms with Crippen LogP contribution in [0.3, 0.4) is 0 Å².